The van der Waals surface area contributed by atoms with Gasteiger partial charge in [0.1, 0.15) is 12.4 Å². The first-order valence-electron chi connectivity index (χ1n) is 7.34. The van der Waals surface area contributed by atoms with Gasteiger partial charge in [0.15, 0.2) is 0 Å². The highest BCUT2D eigenvalue weighted by Gasteiger charge is 2.21. The van der Waals surface area contributed by atoms with Crippen LogP contribution in [0.4, 0.5) is 0 Å². The molecule has 6 nitrogen and oxygen atoms in total. The minimum Gasteiger partial charge on any atom is -0.350 e. The molecule has 3 heterocycles. The highest BCUT2D eigenvalue weighted by molar-refractivity contribution is 5.76. The molecule has 0 saturated carbocycles. The third-order valence-corrected chi connectivity index (χ3v) is 3.87. The third kappa shape index (κ3) is 2.99. The molecule has 0 bridgehead atoms. The van der Waals surface area contributed by atoms with Gasteiger partial charge in [-0.3, -0.25) is 9.48 Å². The second-order valence-corrected chi connectivity index (χ2v) is 5.84. The van der Waals surface area contributed by atoms with Crippen LogP contribution in [0.15, 0.2) is 12.3 Å². The van der Waals surface area contributed by atoms with E-state index in [1.54, 1.807) is 4.68 Å². The van der Waals surface area contributed by atoms with Crippen molar-refractivity contribution in [2.24, 2.45) is 0 Å². The summed E-state index contributed by atoms with van der Waals surface area (Å²) in [7, 11) is 0. The normalized spacial score (nSPS) is 17.6. The molecule has 0 fully saturated rings. The van der Waals surface area contributed by atoms with E-state index in [-0.39, 0.29) is 18.5 Å². The predicted octanol–water partition coefficient (Wildman–Crippen LogP) is 1.14. The monoisotopic (exact) mass is 287 g/mol. The first-order valence-corrected chi connectivity index (χ1v) is 7.34. The first kappa shape index (κ1) is 13.9. The Balaban J connectivity index is 1.60. The fraction of sp³-hybridized carbons (Fsp3) is 0.533. The molecule has 21 heavy (non-hydrogen) atoms. The summed E-state index contributed by atoms with van der Waals surface area (Å²) in [6, 6.07) is 2.16. The van der Waals surface area contributed by atoms with Crippen LogP contribution in [-0.2, 0) is 24.3 Å². The fourth-order valence-corrected chi connectivity index (χ4v) is 2.95. The number of aromatic nitrogens is 4. The van der Waals surface area contributed by atoms with Gasteiger partial charge in [-0.25, -0.2) is 4.98 Å². The molecule has 1 aliphatic rings. The second-order valence-electron chi connectivity index (χ2n) is 5.84. The van der Waals surface area contributed by atoms with E-state index in [0.717, 1.165) is 42.3 Å². The number of carbonyl (C=O) groups is 1. The van der Waals surface area contributed by atoms with Crippen LogP contribution in [0.2, 0.25) is 0 Å². The fourth-order valence-electron chi connectivity index (χ4n) is 2.95. The molecule has 6 heteroatoms. The number of amides is 1. The zero-order valence-corrected chi connectivity index (χ0v) is 12.8. The van der Waals surface area contributed by atoms with Crippen LogP contribution in [0.3, 0.4) is 0 Å². The number of fused-ring (bicyclic) bond motifs is 1. The van der Waals surface area contributed by atoms with Crippen molar-refractivity contribution in [3.8, 4) is 0 Å². The van der Waals surface area contributed by atoms with E-state index in [1.165, 1.54) is 0 Å². The molecule has 0 aliphatic carbocycles. The molecule has 0 radical (unpaired) electrons. The zero-order chi connectivity index (χ0) is 15.0. The average molecular weight is 287 g/mol. The second kappa shape index (κ2) is 5.35. The van der Waals surface area contributed by atoms with Crippen molar-refractivity contribution in [3.05, 3.63) is 35.2 Å². The zero-order valence-electron chi connectivity index (χ0n) is 12.8. The molecule has 0 saturated heterocycles. The lowest BCUT2D eigenvalue weighted by Crippen LogP contribution is -2.42. The molecule has 1 amide bonds. The maximum absolute atomic E-state index is 12.2. The average Bonchev–Trinajstić information content (AvgIpc) is 2.90. The van der Waals surface area contributed by atoms with Gasteiger partial charge in [-0.05, 0) is 33.3 Å². The van der Waals surface area contributed by atoms with Crippen LogP contribution < -0.4 is 5.32 Å². The van der Waals surface area contributed by atoms with E-state index < -0.39 is 0 Å². The summed E-state index contributed by atoms with van der Waals surface area (Å²) < 4.78 is 3.90. The van der Waals surface area contributed by atoms with Crippen molar-refractivity contribution >= 4 is 5.91 Å². The Bertz CT molecular complexity index is 670. The number of hydrogen-bond acceptors (Lipinski definition) is 3. The van der Waals surface area contributed by atoms with E-state index in [2.05, 4.69) is 26.2 Å². The van der Waals surface area contributed by atoms with Gasteiger partial charge >= 0.3 is 0 Å². The number of aryl methyl sites for hydroxylation is 4. The highest BCUT2D eigenvalue weighted by Crippen LogP contribution is 2.15. The number of hydrogen-bond donors (Lipinski definition) is 1. The van der Waals surface area contributed by atoms with Crippen molar-refractivity contribution in [1.82, 2.24) is 24.6 Å². The van der Waals surface area contributed by atoms with E-state index >= 15 is 0 Å². The topological polar surface area (TPSA) is 64.7 Å². The molecule has 2 aromatic heterocycles. The Hall–Kier alpha value is -2.11. The molecular weight excluding hydrogens is 266 g/mol. The van der Waals surface area contributed by atoms with Crippen LogP contribution in [-0.4, -0.2) is 31.3 Å². The van der Waals surface area contributed by atoms with E-state index in [4.69, 9.17) is 0 Å². The predicted molar refractivity (Wildman–Crippen MR) is 78.9 cm³/mol. The molecule has 1 unspecified atom stereocenters. The molecule has 2 aromatic rings. The molecule has 112 valence electrons. The summed E-state index contributed by atoms with van der Waals surface area (Å²) in [4.78, 5) is 16.6. The Morgan fingerprint density at radius 1 is 1.38 bits per heavy atom. The lowest BCUT2D eigenvalue weighted by atomic mass is 10.1. The van der Waals surface area contributed by atoms with Gasteiger partial charge in [-0.1, -0.05) is 0 Å². The van der Waals surface area contributed by atoms with Gasteiger partial charge in [0.25, 0.3) is 0 Å². The number of nitrogens with one attached hydrogen (secondary N) is 1. The molecule has 1 aliphatic heterocycles. The van der Waals surface area contributed by atoms with Crippen molar-refractivity contribution in [2.75, 3.05) is 0 Å². The Morgan fingerprint density at radius 2 is 2.19 bits per heavy atom. The maximum Gasteiger partial charge on any atom is 0.242 e. The van der Waals surface area contributed by atoms with Gasteiger partial charge in [-0.15, -0.1) is 0 Å². The van der Waals surface area contributed by atoms with Gasteiger partial charge in [0.05, 0.1) is 11.4 Å². The van der Waals surface area contributed by atoms with Crippen molar-refractivity contribution < 1.29 is 4.79 Å². The number of nitrogens with zero attached hydrogens (tertiary/aromatic N) is 4. The van der Waals surface area contributed by atoms with Crippen LogP contribution >= 0.6 is 0 Å². The van der Waals surface area contributed by atoms with Gasteiger partial charge < -0.3 is 9.88 Å². The summed E-state index contributed by atoms with van der Waals surface area (Å²) in [5, 5.41) is 7.43. The smallest absolute Gasteiger partial charge is 0.242 e. The molecule has 0 aromatic carbocycles. The minimum atomic E-state index is 0.0199. The maximum atomic E-state index is 12.2. The van der Waals surface area contributed by atoms with Crippen LogP contribution in [0.25, 0.3) is 0 Å². The number of carbonyl (C=O) groups excluding carboxylic acids is 1. The standard InChI is InChI=1S/C15H21N5O/c1-10-6-12(3)20(18-10)9-15(21)17-13-4-5-14-16-11(2)7-19(14)8-13/h6-7,13H,4-5,8-9H2,1-3H3,(H,17,21). The van der Waals surface area contributed by atoms with Crippen molar-refractivity contribution in [1.29, 1.82) is 0 Å². The largest absolute Gasteiger partial charge is 0.350 e. The van der Waals surface area contributed by atoms with Crippen LogP contribution in [0.5, 0.6) is 0 Å². The molecule has 1 N–H and O–H groups in total. The quantitative estimate of drug-likeness (QED) is 0.920. The first-order chi connectivity index (χ1) is 10.0. The summed E-state index contributed by atoms with van der Waals surface area (Å²) >= 11 is 0. The van der Waals surface area contributed by atoms with Crippen LogP contribution in [0, 0.1) is 20.8 Å². The Labute approximate surface area is 124 Å². The van der Waals surface area contributed by atoms with Crippen molar-refractivity contribution in [2.45, 2.75) is 52.7 Å². The molecule has 3 rings (SSSR count). The molecule has 0 spiro atoms. The number of rotatable bonds is 3. The SMILES string of the molecule is Cc1cn2c(n1)CCC(NC(=O)Cn1nc(C)cc1C)C2. The lowest BCUT2D eigenvalue weighted by molar-refractivity contribution is -0.122. The van der Waals surface area contributed by atoms with E-state index in [1.807, 2.05) is 26.8 Å². The summed E-state index contributed by atoms with van der Waals surface area (Å²) in [6.45, 7) is 6.99. The Kier molecular flexibility index (Phi) is 3.53. The summed E-state index contributed by atoms with van der Waals surface area (Å²) in [5.41, 5.74) is 3.00. The number of imidazole rings is 1. The Morgan fingerprint density at radius 3 is 2.90 bits per heavy atom. The van der Waals surface area contributed by atoms with E-state index in [0.29, 0.717) is 0 Å². The molecule has 1 atom stereocenters. The summed E-state index contributed by atoms with van der Waals surface area (Å²) in [5.74, 6) is 1.14. The highest BCUT2D eigenvalue weighted by atomic mass is 16.2. The van der Waals surface area contributed by atoms with E-state index in [9.17, 15) is 4.79 Å². The van der Waals surface area contributed by atoms with Gasteiger partial charge in [0, 0.05) is 30.9 Å². The van der Waals surface area contributed by atoms with Crippen LogP contribution in [0.1, 0.15) is 29.3 Å². The molecular formula is C15H21N5O. The van der Waals surface area contributed by atoms with Gasteiger partial charge in [0.2, 0.25) is 5.91 Å². The lowest BCUT2D eigenvalue weighted by Gasteiger charge is -2.24. The van der Waals surface area contributed by atoms with Gasteiger partial charge in [-0.2, -0.15) is 5.10 Å². The van der Waals surface area contributed by atoms with Crippen molar-refractivity contribution in [3.63, 3.8) is 0 Å². The third-order valence-electron chi connectivity index (χ3n) is 3.87. The minimum absolute atomic E-state index is 0.0199. The summed E-state index contributed by atoms with van der Waals surface area (Å²) in [6.07, 6.45) is 3.91.